The zero-order valence-corrected chi connectivity index (χ0v) is 14.4. The highest BCUT2D eigenvalue weighted by Crippen LogP contribution is 2.33. The van der Waals surface area contributed by atoms with E-state index in [2.05, 4.69) is 29.8 Å². The number of rotatable bonds is 6. The highest BCUT2D eigenvalue weighted by molar-refractivity contribution is 9.10. The smallest absolute Gasteiger partial charge is 0.162 e. The summed E-state index contributed by atoms with van der Waals surface area (Å²) in [7, 11) is 1.65. The maximum Gasteiger partial charge on any atom is 0.162 e. The highest BCUT2D eigenvalue weighted by Gasteiger charge is 2.10. The second kappa shape index (κ2) is 7.08. The Morgan fingerprint density at radius 1 is 1.24 bits per heavy atom. The standard InChI is InChI=1S/C18H21BrO2/c1-12(2)5-4-6-16(20)14-7-9-15-13(11-14)8-10-17(21-3)18(15)19/h7-12H,4-6H2,1-3H3. The monoisotopic (exact) mass is 348 g/mol. The van der Waals surface area contributed by atoms with E-state index >= 15 is 0 Å². The number of ether oxygens (including phenoxy) is 1. The van der Waals surface area contributed by atoms with E-state index in [9.17, 15) is 4.79 Å². The van der Waals surface area contributed by atoms with E-state index in [1.165, 1.54) is 0 Å². The molecule has 0 amide bonds. The van der Waals surface area contributed by atoms with E-state index in [0.717, 1.165) is 39.4 Å². The second-order valence-electron chi connectivity index (χ2n) is 5.73. The summed E-state index contributed by atoms with van der Waals surface area (Å²) in [6.07, 6.45) is 2.68. The zero-order valence-electron chi connectivity index (χ0n) is 12.8. The van der Waals surface area contributed by atoms with Crippen molar-refractivity contribution in [2.75, 3.05) is 7.11 Å². The van der Waals surface area contributed by atoms with Gasteiger partial charge < -0.3 is 4.74 Å². The van der Waals surface area contributed by atoms with Gasteiger partial charge in [-0.15, -0.1) is 0 Å². The van der Waals surface area contributed by atoms with Gasteiger partial charge in [-0.1, -0.05) is 38.5 Å². The van der Waals surface area contributed by atoms with Crippen LogP contribution in [0.2, 0.25) is 0 Å². The van der Waals surface area contributed by atoms with Crippen LogP contribution < -0.4 is 4.74 Å². The number of carbonyl (C=O) groups is 1. The molecule has 0 aliphatic carbocycles. The van der Waals surface area contributed by atoms with Gasteiger partial charge in [-0.05, 0) is 51.2 Å². The molecule has 2 rings (SSSR count). The van der Waals surface area contributed by atoms with Crippen LogP contribution in [0.5, 0.6) is 5.75 Å². The van der Waals surface area contributed by atoms with Crippen molar-refractivity contribution in [1.82, 2.24) is 0 Å². The average molecular weight is 349 g/mol. The molecule has 0 aromatic heterocycles. The van der Waals surface area contributed by atoms with Crippen LogP contribution in [0.4, 0.5) is 0 Å². The maximum atomic E-state index is 12.2. The number of carbonyl (C=O) groups excluding carboxylic acids is 1. The number of ketones is 1. The van der Waals surface area contributed by atoms with Crippen molar-refractivity contribution < 1.29 is 9.53 Å². The van der Waals surface area contributed by atoms with Gasteiger partial charge in [-0.3, -0.25) is 4.79 Å². The molecule has 2 aromatic carbocycles. The number of benzene rings is 2. The second-order valence-corrected chi connectivity index (χ2v) is 6.52. The SMILES string of the molecule is COc1ccc2cc(C(=O)CCCC(C)C)ccc2c1Br. The minimum absolute atomic E-state index is 0.226. The van der Waals surface area contributed by atoms with Crippen LogP contribution in [-0.2, 0) is 0 Å². The molecule has 2 nitrogen and oxygen atoms in total. The molecule has 21 heavy (non-hydrogen) atoms. The molecular formula is C18H21BrO2. The molecule has 0 heterocycles. The Morgan fingerprint density at radius 3 is 2.67 bits per heavy atom. The van der Waals surface area contributed by atoms with Crippen LogP contribution in [0, 0.1) is 5.92 Å². The lowest BCUT2D eigenvalue weighted by Crippen LogP contribution is -2.00. The Kier molecular flexibility index (Phi) is 5.40. The van der Waals surface area contributed by atoms with E-state index < -0.39 is 0 Å². The number of halogens is 1. The maximum absolute atomic E-state index is 12.2. The van der Waals surface area contributed by atoms with Crippen molar-refractivity contribution in [3.8, 4) is 5.75 Å². The lowest BCUT2D eigenvalue weighted by molar-refractivity contribution is 0.0978. The van der Waals surface area contributed by atoms with E-state index in [-0.39, 0.29) is 5.78 Å². The van der Waals surface area contributed by atoms with Gasteiger partial charge in [0, 0.05) is 12.0 Å². The van der Waals surface area contributed by atoms with Crippen molar-refractivity contribution in [3.05, 3.63) is 40.4 Å². The molecule has 0 N–H and O–H groups in total. The van der Waals surface area contributed by atoms with Gasteiger partial charge in [0.1, 0.15) is 5.75 Å². The highest BCUT2D eigenvalue weighted by atomic mass is 79.9. The number of methoxy groups -OCH3 is 1. The number of hydrogen-bond acceptors (Lipinski definition) is 2. The minimum Gasteiger partial charge on any atom is -0.496 e. The molecule has 0 unspecified atom stereocenters. The molecule has 2 aromatic rings. The Labute approximate surface area is 134 Å². The average Bonchev–Trinajstić information content (AvgIpc) is 2.47. The van der Waals surface area contributed by atoms with Gasteiger partial charge in [-0.25, -0.2) is 0 Å². The first-order valence-corrected chi connectivity index (χ1v) is 8.11. The Bertz CT molecular complexity index is 647. The Morgan fingerprint density at radius 2 is 2.00 bits per heavy atom. The summed E-state index contributed by atoms with van der Waals surface area (Å²) in [5, 5.41) is 2.12. The number of fused-ring (bicyclic) bond motifs is 1. The first-order valence-electron chi connectivity index (χ1n) is 7.32. The third kappa shape index (κ3) is 3.85. The van der Waals surface area contributed by atoms with Crippen LogP contribution in [0.3, 0.4) is 0 Å². The normalized spacial score (nSPS) is 11.1. The van der Waals surface area contributed by atoms with E-state index in [1.807, 2.05) is 30.3 Å². The van der Waals surface area contributed by atoms with Crippen molar-refractivity contribution in [3.63, 3.8) is 0 Å². The summed E-state index contributed by atoms with van der Waals surface area (Å²) in [6, 6.07) is 9.77. The molecule has 0 atom stereocenters. The third-order valence-electron chi connectivity index (χ3n) is 3.65. The number of Topliss-reactive ketones (excluding diaryl/α,β-unsaturated/α-hetero) is 1. The van der Waals surface area contributed by atoms with Gasteiger partial charge in [0.2, 0.25) is 0 Å². The zero-order chi connectivity index (χ0) is 15.4. The van der Waals surface area contributed by atoms with Crippen LogP contribution in [-0.4, -0.2) is 12.9 Å². The molecule has 0 bridgehead atoms. The summed E-state index contributed by atoms with van der Waals surface area (Å²) in [6.45, 7) is 4.37. The van der Waals surface area contributed by atoms with Crippen LogP contribution in [0.15, 0.2) is 34.8 Å². The summed E-state index contributed by atoms with van der Waals surface area (Å²) >= 11 is 3.55. The van der Waals surface area contributed by atoms with Crippen molar-refractivity contribution >= 4 is 32.5 Å². The molecular weight excluding hydrogens is 328 g/mol. The van der Waals surface area contributed by atoms with Crippen molar-refractivity contribution in [2.24, 2.45) is 5.92 Å². The minimum atomic E-state index is 0.226. The van der Waals surface area contributed by atoms with Gasteiger partial charge in [0.15, 0.2) is 5.78 Å². The third-order valence-corrected chi connectivity index (χ3v) is 4.46. The van der Waals surface area contributed by atoms with Crippen molar-refractivity contribution in [2.45, 2.75) is 33.1 Å². The fourth-order valence-electron chi connectivity index (χ4n) is 2.42. The first-order chi connectivity index (χ1) is 10.0. The van der Waals surface area contributed by atoms with Crippen LogP contribution in [0.1, 0.15) is 43.5 Å². The topological polar surface area (TPSA) is 26.3 Å². The fourth-order valence-corrected chi connectivity index (χ4v) is 3.07. The van der Waals surface area contributed by atoms with E-state index in [4.69, 9.17) is 4.74 Å². The summed E-state index contributed by atoms with van der Waals surface area (Å²) < 4.78 is 6.22. The molecule has 0 fully saturated rings. The molecule has 0 aliphatic rings. The largest absolute Gasteiger partial charge is 0.496 e. The lowest BCUT2D eigenvalue weighted by atomic mass is 9.99. The molecule has 112 valence electrons. The van der Waals surface area contributed by atoms with Crippen LogP contribution >= 0.6 is 15.9 Å². The predicted molar refractivity (Wildman–Crippen MR) is 91.2 cm³/mol. The van der Waals surface area contributed by atoms with Crippen LogP contribution in [0.25, 0.3) is 10.8 Å². The summed E-state index contributed by atoms with van der Waals surface area (Å²) in [5.74, 6) is 1.68. The van der Waals surface area contributed by atoms with E-state index in [0.29, 0.717) is 12.3 Å². The summed E-state index contributed by atoms with van der Waals surface area (Å²) in [4.78, 5) is 12.2. The van der Waals surface area contributed by atoms with Gasteiger partial charge in [-0.2, -0.15) is 0 Å². The molecule has 0 aliphatic heterocycles. The predicted octanol–water partition coefficient (Wildman–Crippen LogP) is 5.62. The van der Waals surface area contributed by atoms with Crippen molar-refractivity contribution in [1.29, 1.82) is 0 Å². The molecule has 0 saturated carbocycles. The quantitative estimate of drug-likeness (QED) is 0.633. The summed E-state index contributed by atoms with van der Waals surface area (Å²) in [5.41, 5.74) is 0.795. The van der Waals surface area contributed by atoms with Gasteiger partial charge in [0.25, 0.3) is 0 Å². The number of hydrogen-bond donors (Lipinski definition) is 0. The van der Waals surface area contributed by atoms with Gasteiger partial charge in [0.05, 0.1) is 11.6 Å². The Balaban J connectivity index is 2.21. The Hall–Kier alpha value is -1.35. The van der Waals surface area contributed by atoms with E-state index in [1.54, 1.807) is 7.11 Å². The molecule has 3 heteroatoms. The first kappa shape index (κ1) is 16.0. The molecule has 0 spiro atoms. The molecule has 0 saturated heterocycles. The van der Waals surface area contributed by atoms with Gasteiger partial charge >= 0.3 is 0 Å². The molecule has 0 radical (unpaired) electrons. The lowest BCUT2D eigenvalue weighted by Gasteiger charge is -2.09. The fraction of sp³-hybridized carbons (Fsp3) is 0.389.